The van der Waals surface area contributed by atoms with Crippen molar-refractivity contribution in [1.29, 1.82) is 0 Å². The van der Waals surface area contributed by atoms with Gasteiger partial charge in [0, 0.05) is 5.69 Å². The number of nitrogens with one attached hydrogen (secondary N) is 1. The van der Waals surface area contributed by atoms with Crippen LogP contribution in [0.15, 0.2) is 24.3 Å². The summed E-state index contributed by atoms with van der Waals surface area (Å²) in [6.45, 7) is 6.04. The topological polar surface area (TPSA) is 49.3 Å². The Labute approximate surface area is 103 Å². The molecule has 0 aliphatic carbocycles. The van der Waals surface area contributed by atoms with Crippen LogP contribution in [0.4, 0.5) is 5.69 Å². The molecule has 94 valence electrons. The molecular formula is C14H21NO2. The summed E-state index contributed by atoms with van der Waals surface area (Å²) in [4.78, 5) is 11.3. The Morgan fingerprint density at radius 3 is 2.35 bits per heavy atom. The van der Waals surface area contributed by atoms with Crippen LogP contribution < -0.4 is 5.32 Å². The first-order valence-electron chi connectivity index (χ1n) is 6.15. The van der Waals surface area contributed by atoms with Crippen molar-refractivity contribution in [3.05, 3.63) is 29.8 Å². The first kappa shape index (κ1) is 13.6. The van der Waals surface area contributed by atoms with Gasteiger partial charge >= 0.3 is 5.97 Å². The standard InChI is InChI=1S/C14H21NO2/c1-4-11(5-2)13(14(16)17)15-12-9-7-6-8-10(12)3/h6-9,11,13,15H,4-5H2,1-3H3,(H,16,17). The van der Waals surface area contributed by atoms with Crippen LogP contribution in [-0.4, -0.2) is 17.1 Å². The van der Waals surface area contributed by atoms with E-state index in [1.807, 2.05) is 45.0 Å². The zero-order chi connectivity index (χ0) is 12.8. The molecule has 0 spiro atoms. The molecule has 0 heterocycles. The smallest absolute Gasteiger partial charge is 0.326 e. The normalized spacial score (nSPS) is 12.5. The maximum Gasteiger partial charge on any atom is 0.326 e. The molecule has 0 bridgehead atoms. The lowest BCUT2D eigenvalue weighted by Crippen LogP contribution is -2.36. The van der Waals surface area contributed by atoms with Crippen LogP contribution >= 0.6 is 0 Å². The number of para-hydroxylation sites is 1. The zero-order valence-electron chi connectivity index (χ0n) is 10.7. The van der Waals surface area contributed by atoms with Gasteiger partial charge in [-0.25, -0.2) is 4.79 Å². The second kappa shape index (κ2) is 6.28. The van der Waals surface area contributed by atoms with Crippen LogP contribution in [0, 0.1) is 12.8 Å². The van der Waals surface area contributed by atoms with Crippen molar-refractivity contribution in [3.63, 3.8) is 0 Å². The van der Waals surface area contributed by atoms with Crippen LogP contribution in [-0.2, 0) is 4.79 Å². The molecule has 0 aliphatic heterocycles. The highest BCUT2D eigenvalue weighted by molar-refractivity contribution is 5.78. The van der Waals surface area contributed by atoms with Crippen LogP contribution in [0.2, 0.25) is 0 Å². The predicted molar refractivity (Wildman–Crippen MR) is 70.3 cm³/mol. The van der Waals surface area contributed by atoms with Crippen LogP contribution in [0.25, 0.3) is 0 Å². The maximum absolute atomic E-state index is 11.3. The third-order valence-corrected chi connectivity index (χ3v) is 3.24. The summed E-state index contributed by atoms with van der Waals surface area (Å²) in [5.41, 5.74) is 1.98. The molecule has 0 saturated heterocycles. The van der Waals surface area contributed by atoms with Gasteiger partial charge in [0.15, 0.2) is 0 Å². The molecule has 0 radical (unpaired) electrons. The number of hydrogen-bond donors (Lipinski definition) is 2. The Morgan fingerprint density at radius 1 is 1.29 bits per heavy atom. The van der Waals surface area contributed by atoms with Crippen molar-refractivity contribution in [3.8, 4) is 0 Å². The lowest BCUT2D eigenvalue weighted by molar-refractivity contribution is -0.139. The molecule has 1 rings (SSSR count). The predicted octanol–water partition coefficient (Wildman–Crippen LogP) is 3.30. The van der Waals surface area contributed by atoms with Gasteiger partial charge in [-0.05, 0) is 24.5 Å². The van der Waals surface area contributed by atoms with Crippen molar-refractivity contribution < 1.29 is 9.90 Å². The van der Waals surface area contributed by atoms with Crippen molar-refractivity contribution in [2.45, 2.75) is 39.7 Å². The van der Waals surface area contributed by atoms with Gasteiger partial charge < -0.3 is 10.4 Å². The number of carboxylic acid groups (broad SMARTS) is 1. The fraction of sp³-hybridized carbons (Fsp3) is 0.500. The largest absolute Gasteiger partial charge is 0.480 e. The summed E-state index contributed by atoms with van der Waals surface area (Å²) in [6, 6.07) is 7.27. The summed E-state index contributed by atoms with van der Waals surface area (Å²) in [5, 5.41) is 12.4. The second-order valence-corrected chi connectivity index (χ2v) is 4.35. The number of anilines is 1. The molecule has 0 amide bonds. The number of benzene rings is 1. The molecule has 3 nitrogen and oxygen atoms in total. The van der Waals surface area contributed by atoms with Crippen molar-refractivity contribution in [2.24, 2.45) is 5.92 Å². The summed E-state index contributed by atoms with van der Waals surface area (Å²) in [5.74, 6) is -0.617. The SMILES string of the molecule is CCC(CC)C(Nc1ccccc1C)C(=O)O. The van der Waals surface area contributed by atoms with Crippen LogP contribution in [0.3, 0.4) is 0 Å². The Kier molecular flexibility index (Phi) is 5.01. The molecule has 17 heavy (non-hydrogen) atoms. The van der Waals surface area contributed by atoms with Crippen molar-refractivity contribution in [1.82, 2.24) is 0 Å². The van der Waals surface area contributed by atoms with Gasteiger partial charge in [0.2, 0.25) is 0 Å². The van der Waals surface area contributed by atoms with E-state index in [4.69, 9.17) is 0 Å². The molecule has 0 aliphatic rings. The summed E-state index contributed by atoms with van der Waals surface area (Å²) < 4.78 is 0. The van der Waals surface area contributed by atoms with Gasteiger partial charge in [0.05, 0.1) is 0 Å². The third kappa shape index (κ3) is 3.48. The van der Waals surface area contributed by atoms with Crippen LogP contribution in [0.1, 0.15) is 32.3 Å². The number of aliphatic carboxylic acids is 1. The Bertz CT molecular complexity index is 372. The van der Waals surface area contributed by atoms with E-state index in [1.54, 1.807) is 0 Å². The average molecular weight is 235 g/mol. The number of carboxylic acids is 1. The van der Waals surface area contributed by atoms with E-state index in [0.29, 0.717) is 0 Å². The Balaban J connectivity index is 2.87. The number of carbonyl (C=O) groups is 1. The fourth-order valence-electron chi connectivity index (χ4n) is 2.04. The van der Waals surface area contributed by atoms with E-state index < -0.39 is 12.0 Å². The monoisotopic (exact) mass is 235 g/mol. The van der Waals surface area contributed by atoms with E-state index in [1.165, 1.54) is 0 Å². The molecule has 1 atom stereocenters. The molecule has 0 aromatic heterocycles. The van der Waals surface area contributed by atoms with E-state index in [9.17, 15) is 9.90 Å². The summed E-state index contributed by atoms with van der Waals surface area (Å²) in [7, 11) is 0. The fourth-order valence-corrected chi connectivity index (χ4v) is 2.04. The van der Waals surface area contributed by atoms with Gasteiger partial charge in [0.25, 0.3) is 0 Å². The lowest BCUT2D eigenvalue weighted by atomic mass is 9.93. The number of hydrogen-bond acceptors (Lipinski definition) is 2. The van der Waals surface area contributed by atoms with Gasteiger partial charge in [-0.1, -0.05) is 44.9 Å². The highest BCUT2D eigenvalue weighted by Crippen LogP contribution is 2.21. The molecule has 1 aromatic carbocycles. The molecule has 1 aromatic rings. The van der Waals surface area contributed by atoms with Gasteiger partial charge in [-0.15, -0.1) is 0 Å². The third-order valence-electron chi connectivity index (χ3n) is 3.24. The molecular weight excluding hydrogens is 214 g/mol. The lowest BCUT2D eigenvalue weighted by Gasteiger charge is -2.24. The average Bonchev–Trinajstić information content (AvgIpc) is 2.31. The highest BCUT2D eigenvalue weighted by atomic mass is 16.4. The minimum atomic E-state index is -0.776. The van der Waals surface area contributed by atoms with Gasteiger partial charge in [-0.2, -0.15) is 0 Å². The number of aryl methyl sites for hydroxylation is 1. The van der Waals surface area contributed by atoms with E-state index >= 15 is 0 Å². The van der Waals surface area contributed by atoms with Crippen LogP contribution in [0.5, 0.6) is 0 Å². The second-order valence-electron chi connectivity index (χ2n) is 4.35. The molecule has 0 saturated carbocycles. The first-order valence-corrected chi connectivity index (χ1v) is 6.15. The van der Waals surface area contributed by atoms with E-state index in [0.717, 1.165) is 24.1 Å². The quantitative estimate of drug-likeness (QED) is 0.795. The molecule has 2 N–H and O–H groups in total. The summed E-state index contributed by atoms with van der Waals surface area (Å²) >= 11 is 0. The summed E-state index contributed by atoms with van der Waals surface area (Å²) in [6.07, 6.45) is 1.73. The van der Waals surface area contributed by atoms with Gasteiger partial charge in [0.1, 0.15) is 6.04 Å². The minimum Gasteiger partial charge on any atom is -0.480 e. The Morgan fingerprint density at radius 2 is 1.88 bits per heavy atom. The molecule has 0 fully saturated rings. The zero-order valence-corrected chi connectivity index (χ0v) is 10.7. The minimum absolute atomic E-state index is 0.159. The van der Waals surface area contributed by atoms with Gasteiger partial charge in [-0.3, -0.25) is 0 Å². The maximum atomic E-state index is 11.3. The van der Waals surface area contributed by atoms with Crippen molar-refractivity contribution in [2.75, 3.05) is 5.32 Å². The first-order chi connectivity index (χ1) is 8.10. The van der Waals surface area contributed by atoms with E-state index in [2.05, 4.69) is 5.32 Å². The Hall–Kier alpha value is -1.51. The number of rotatable bonds is 6. The van der Waals surface area contributed by atoms with E-state index in [-0.39, 0.29) is 5.92 Å². The molecule has 3 heteroatoms. The highest BCUT2D eigenvalue weighted by Gasteiger charge is 2.25. The molecule has 1 unspecified atom stereocenters. The van der Waals surface area contributed by atoms with Crippen molar-refractivity contribution >= 4 is 11.7 Å².